The molecule has 112 valence electrons. The lowest BCUT2D eigenvalue weighted by Crippen LogP contribution is -2.46. The smallest absolute Gasteiger partial charge is 0.0132 e. The van der Waals surface area contributed by atoms with Crippen LogP contribution in [0.5, 0.6) is 0 Å². The maximum Gasteiger partial charge on any atom is 0.0132 e. The van der Waals surface area contributed by atoms with Crippen molar-refractivity contribution >= 4 is 11.8 Å². The third kappa shape index (κ3) is 5.47. The molecule has 0 saturated carbocycles. The molecule has 0 aromatic heterocycles. The van der Waals surface area contributed by atoms with Gasteiger partial charge in [-0.15, -0.1) is 0 Å². The normalized spacial score (nSPS) is 19.1. The Morgan fingerprint density at radius 2 is 1.95 bits per heavy atom. The molecule has 0 radical (unpaired) electrons. The van der Waals surface area contributed by atoms with Gasteiger partial charge in [-0.1, -0.05) is 30.3 Å². The third-order valence-electron chi connectivity index (χ3n) is 4.08. The molecule has 0 bridgehead atoms. The zero-order valence-electron chi connectivity index (χ0n) is 12.8. The molecule has 1 aliphatic rings. The summed E-state index contributed by atoms with van der Waals surface area (Å²) in [4.78, 5) is 2.62. The zero-order chi connectivity index (χ0) is 14.2. The van der Waals surface area contributed by atoms with Gasteiger partial charge in [0.15, 0.2) is 0 Å². The Labute approximate surface area is 128 Å². The van der Waals surface area contributed by atoms with Crippen LogP contribution in [-0.2, 0) is 6.42 Å². The van der Waals surface area contributed by atoms with Crippen LogP contribution in [0.4, 0.5) is 0 Å². The van der Waals surface area contributed by atoms with E-state index in [0.717, 1.165) is 6.04 Å². The average Bonchev–Trinajstić information content (AvgIpc) is 2.48. The summed E-state index contributed by atoms with van der Waals surface area (Å²) in [5, 5.41) is 3.77. The Bertz CT molecular complexity index is 361. The quantitative estimate of drug-likeness (QED) is 0.831. The zero-order valence-corrected chi connectivity index (χ0v) is 13.7. The molecule has 1 aromatic rings. The van der Waals surface area contributed by atoms with Gasteiger partial charge in [0.05, 0.1) is 0 Å². The molecule has 1 saturated heterocycles. The summed E-state index contributed by atoms with van der Waals surface area (Å²) in [6.45, 7) is 6.00. The van der Waals surface area contributed by atoms with Gasteiger partial charge in [0.1, 0.15) is 0 Å². The van der Waals surface area contributed by atoms with Gasteiger partial charge < -0.3 is 10.2 Å². The van der Waals surface area contributed by atoms with Gasteiger partial charge in [0.2, 0.25) is 0 Å². The van der Waals surface area contributed by atoms with Crippen molar-refractivity contribution in [1.82, 2.24) is 10.2 Å². The van der Waals surface area contributed by atoms with Crippen LogP contribution in [0.2, 0.25) is 0 Å². The second kappa shape index (κ2) is 8.71. The molecule has 1 aromatic carbocycles. The molecule has 3 heteroatoms. The fourth-order valence-corrected chi connectivity index (χ4v) is 3.55. The SMILES string of the molecule is CSCC(C)NC1CCN(CCc2ccccc2)CC1. The van der Waals surface area contributed by atoms with Crippen molar-refractivity contribution in [2.75, 3.05) is 31.6 Å². The lowest BCUT2D eigenvalue weighted by molar-refractivity contribution is 0.195. The van der Waals surface area contributed by atoms with E-state index in [2.05, 4.69) is 53.7 Å². The molecule has 1 fully saturated rings. The van der Waals surface area contributed by atoms with Crippen molar-refractivity contribution in [1.29, 1.82) is 0 Å². The van der Waals surface area contributed by atoms with Crippen molar-refractivity contribution in [3.63, 3.8) is 0 Å². The summed E-state index contributed by atoms with van der Waals surface area (Å²) in [5.74, 6) is 1.22. The monoisotopic (exact) mass is 292 g/mol. The number of piperidine rings is 1. The number of nitrogens with one attached hydrogen (secondary N) is 1. The van der Waals surface area contributed by atoms with Crippen molar-refractivity contribution in [3.8, 4) is 0 Å². The third-order valence-corrected chi connectivity index (χ3v) is 4.92. The number of benzene rings is 1. The number of hydrogen-bond acceptors (Lipinski definition) is 3. The van der Waals surface area contributed by atoms with Crippen LogP contribution in [0.1, 0.15) is 25.3 Å². The maximum absolute atomic E-state index is 3.77. The summed E-state index contributed by atoms with van der Waals surface area (Å²) in [5.41, 5.74) is 1.46. The molecule has 1 unspecified atom stereocenters. The Kier molecular flexibility index (Phi) is 6.91. The molecule has 1 heterocycles. The molecule has 1 N–H and O–H groups in total. The number of nitrogens with zero attached hydrogens (tertiary/aromatic N) is 1. The summed E-state index contributed by atoms with van der Waals surface area (Å²) >= 11 is 1.93. The molecule has 2 rings (SSSR count). The van der Waals surface area contributed by atoms with E-state index in [-0.39, 0.29) is 0 Å². The first-order valence-corrected chi connectivity index (χ1v) is 9.18. The first-order valence-electron chi connectivity index (χ1n) is 7.79. The van der Waals surface area contributed by atoms with Gasteiger partial charge in [0.25, 0.3) is 0 Å². The predicted octanol–water partition coefficient (Wildman–Crippen LogP) is 3.03. The van der Waals surface area contributed by atoms with E-state index in [0.29, 0.717) is 6.04 Å². The lowest BCUT2D eigenvalue weighted by atomic mass is 10.0. The Balaban J connectivity index is 1.64. The standard InChI is InChI=1S/C17H28N2S/c1-15(14-20-2)18-17-9-12-19(13-10-17)11-8-16-6-4-3-5-7-16/h3-7,15,17-18H,8-14H2,1-2H3. The van der Waals surface area contributed by atoms with Crippen LogP contribution in [0, 0.1) is 0 Å². The molecular weight excluding hydrogens is 264 g/mol. The molecule has 1 aliphatic heterocycles. The fourth-order valence-electron chi connectivity index (χ4n) is 2.96. The highest BCUT2D eigenvalue weighted by atomic mass is 32.2. The highest BCUT2D eigenvalue weighted by molar-refractivity contribution is 7.98. The number of thioether (sulfide) groups is 1. The largest absolute Gasteiger partial charge is 0.311 e. The van der Waals surface area contributed by atoms with Crippen LogP contribution in [-0.4, -0.2) is 48.6 Å². The summed E-state index contributed by atoms with van der Waals surface area (Å²) in [7, 11) is 0. The minimum Gasteiger partial charge on any atom is -0.311 e. The van der Waals surface area contributed by atoms with E-state index in [1.54, 1.807) is 0 Å². The second-order valence-electron chi connectivity index (χ2n) is 5.87. The minimum atomic E-state index is 0.644. The minimum absolute atomic E-state index is 0.644. The van der Waals surface area contributed by atoms with Gasteiger partial charge >= 0.3 is 0 Å². The molecule has 1 atom stereocenters. The highest BCUT2D eigenvalue weighted by Crippen LogP contribution is 2.12. The Hall–Kier alpha value is -0.510. The molecule has 2 nitrogen and oxygen atoms in total. The molecule has 0 aliphatic carbocycles. The van der Waals surface area contributed by atoms with E-state index in [4.69, 9.17) is 0 Å². The molecule has 0 spiro atoms. The molecule has 0 amide bonds. The van der Waals surface area contributed by atoms with E-state index < -0.39 is 0 Å². The van der Waals surface area contributed by atoms with Crippen LogP contribution >= 0.6 is 11.8 Å². The maximum atomic E-state index is 3.77. The van der Waals surface area contributed by atoms with Crippen molar-refractivity contribution < 1.29 is 0 Å². The number of rotatable bonds is 7. The van der Waals surface area contributed by atoms with Gasteiger partial charge in [-0.2, -0.15) is 11.8 Å². The molecular formula is C17H28N2S. The van der Waals surface area contributed by atoms with Gasteiger partial charge in [-0.25, -0.2) is 0 Å². The van der Waals surface area contributed by atoms with Crippen LogP contribution in [0.25, 0.3) is 0 Å². The van der Waals surface area contributed by atoms with Crippen LogP contribution in [0.3, 0.4) is 0 Å². The first-order chi connectivity index (χ1) is 9.78. The Morgan fingerprint density at radius 1 is 1.25 bits per heavy atom. The van der Waals surface area contributed by atoms with Gasteiger partial charge in [0, 0.05) is 24.4 Å². The van der Waals surface area contributed by atoms with E-state index in [1.807, 2.05) is 11.8 Å². The van der Waals surface area contributed by atoms with E-state index >= 15 is 0 Å². The first kappa shape index (κ1) is 15.9. The summed E-state index contributed by atoms with van der Waals surface area (Å²) in [6, 6.07) is 12.2. The van der Waals surface area contributed by atoms with Crippen molar-refractivity contribution in [2.24, 2.45) is 0 Å². The summed E-state index contributed by atoms with van der Waals surface area (Å²) in [6.07, 6.45) is 5.97. The fraction of sp³-hybridized carbons (Fsp3) is 0.647. The summed E-state index contributed by atoms with van der Waals surface area (Å²) < 4.78 is 0. The molecule has 20 heavy (non-hydrogen) atoms. The van der Waals surface area contributed by atoms with Gasteiger partial charge in [-0.3, -0.25) is 0 Å². The second-order valence-corrected chi connectivity index (χ2v) is 6.79. The van der Waals surface area contributed by atoms with Crippen LogP contribution in [0.15, 0.2) is 30.3 Å². The topological polar surface area (TPSA) is 15.3 Å². The van der Waals surface area contributed by atoms with Crippen LogP contribution < -0.4 is 5.32 Å². The van der Waals surface area contributed by atoms with Crippen molar-refractivity contribution in [3.05, 3.63) is 35.9 Å². The number of hydrogen-bond donors (Lipinski definition) is 1. The van der Waals surface area contributed by atoms with Crippen molar-refractivity contribution in [2.45, 2.75) is 38.3 Å². The van der Waals surface area contributed by atoms with Gasteiger partial charge in [-0.05, 0) is 51.1 Å². The highest BCUT2D eigenvalue weighted by Gasteiger charge is 2.19. The van der Waals surface area contributed by atoms with E-state index in [1.165, 1.54) is 50.2 Å². The predicted molar refractivity (Wildman–Crippen MR) is 90.6 cm³/mol. The average molecular weight is 292 g/mol. The number of likely N-dealkylation sites (tertiary alicyclic amines) is 1. The van der Waals surface area contributed by atoms with E-state index in [9.17, 15) is 0 Å². The lowest BCUT2D eigenvalue weighted by Gasteiger charge is -2.33. The Morgan fingerprint density at radius 3 is 2.60 bits per heavy atom.